The van der Waals surface area contributed by atoms with Gasteiger partial charge in [0.2, 0.25) is 5.67 Å². The van der Waals surface area contributed by atoms with Gasteiger partial charge in [-0.2, -0.15) is 0 Å². The summed E-state index contributed by atoms with van der Waals surface area (Å²) in [7, 11) is 0. The van der Waals surface area contributed by atoms with E-state index in [0.29, 0.717) is 0 Å². The number of carbonyl (C=O) groups is 1. The van der Waals surface area contributed by atoms with Gasteiger partial charge in [0.1, 0.15) is 0 Å². The van der Waals surface area contributed by atoms with Crippen LogP contribution in [-0.4, -0.2) is 29.8 Å². The van der Waals surface area contributed by atoms with E-state index >= 15 is 0 Å². The maximum absolute atomic E-state index is 13.4. The topological polar surface area (TPSA) is 49.3 Å². The van der Waals surface area contributed by atoms with Crippen LogP contribution in [0.2, 0.25) is 0 Å². The molecular weight excluding hydrogens is 173 g/mol. The van der Waals surface area contributed by atoms with Crippen LogP contribution in [0.3, 0.4) is 0 Å². The fraction of sp³-hybridized carbons (Fsp3) is 0.889. The molecule has 1 aliphatic rings. The number of hydrogen-bond acceptors (Lipinski definition) is 2. The third-order valence-corrected chi connectivity index (χ3v) is 2.52. The average Bonchev–Trinajstić information content (AvgIpc) is 2.05. The molecule has 2 atom stereocenters. The van der Waals surface area contributed by atoms with Gasteiger partial charge in [-0.25, -0.2) is 9.18 Å². The average molecular weight is 189 g/mol. The number of rotatable bonds is 3. The van der Waals surface area contributed by atoms with Crippen molar-refractivity contribution in [3.05, 3.63) is 0 Å². The maximum atomic E-state index is 13.4. The molecule has 2 unspecified atom stereocenters. The van der Waals surface area contributed by atoms with Crippen LogP contribution in [0.5, 0.6) is 0 Å². The monoisotopic (exact) mass is 189 g/mol. The van der Waals surface area contributed by atoms with Gasteiger partial charge in [0.05, 0.1) is 0 Å². The summed E-state index contributed by atoms with van der Waals surface area (Å²) in [5.41, 5.74) is -2.07. The summed E-state index contributed by atoms with van der Waals surface area (Å²) in [5.74, 6) is -1.18. The number of hydrogen-bond donors (Lipinski definition) is 2. The maximum Gasteiger partial charge on any atom is 0.341 e. The molecule has 0 bridgehead atoms. The molecule has 4 heteroatoms. The zero-order valence-corrected chi connectivity index (χ0v) is 7.85. The van der Waals surface area contributed by atoms with Crippen molar-refractivity contribution in [2.24, 2.45) is 5.92 Å². The number of carboxylic acids is 1. The molecule has 1 fully saturated rings. The van der Waals surface area contributed by atoms with Crippen molar-refractivity contribution in [2.45, 2.75) is 31.9 Å². The van der Waals surface area contributed by atoms with Gasteiger partial charge in [0, 0.05) is 0 Å². The largest absolute Gasteiger partial charge is 0.479 e. The number of piperidine rings is 1. The van der Waals surface area contributed by atoms with E-state index in [0.717, 1.165) is 32.9 Å². The first-order valence-electron chi connectivity index (χ1n) is 4.65. The Morgan fingerprint density at radius 2 is 2.46 bits per heavy atom. The summed E-state index contributed by atoms with van der Waals surface area (Å²) >= 11 is 0. The molecule has 0 aliphatic carbocycles. The smallest absolute Gasteiger partial charge is 0.341 e. The van der Waals surface area contributed by atoms with E-state index in [9.17, 15) is 9.18 Å². The highest BCUT2D eigenvalue weighted by Crippen LogP contribution is 2.25. The molecule has 3 nitrogen and oxygen atoms in total. The number of halogens is 1. The summed E-state index contributed by atoms with van der Waals surface area (Å²) in [5, 5.41) is 11.7. The molecule has 13 heavy (non-hydrogen) atoms. The van der Waals surface area contributed by atoms with Crippen LogP contribution in [0, 0.1) is 5.92 Å². The van der Waals surface area contributed by atoms with Gasteiger partial charge < -0.3 is 10.4 Å². The third-order valence-electron chi connectivity index (χ3n) is 2.52. The highest BCUT2D eigenvalue weighted by Gasteiger charge is 2.35. The van der Waals surface area contributed by atoms with Crippen LogP contribution in [0.15, 0.2) is 0 Å². The Hall–Kier alpha value is -0.640. The number of aliphatic carboxylic acids is 1. The summed E-state index contributed by atoms with van der Waals surface area (Å²) in [4.78, 5) is 10.5. The Morgan fingerprint density at radius 3 is 2.92 bits per heavy atom. The normalized spacial score (nSPS) is 28.0. The molecule has 1 heterocycles. The van der Waals surface area contributed by atoms with E-state index in [4.69, 9.17) is 5.11 Å². The molecular formula is C9H16FNO2. The van der Waals surface area contributed by atoms with Crippen molar-refractivity contribution in [2.75, 3.05) is 13.1 Å². The first-order chi connectivity index (χ1) is 6.02. The molecule has 0 spiro atoms. The van der Waals surface area contributed by atoms with Gasteiger partial charge in [-0.3, -0.25) is 0 Å². The first kappa shape index (κ1) is 10.4. The van der Waals surface area contributed by atoms with Crippen molar-refractivity contribution < 1.29 is 14.3 Å². The fourth-order valence-corrected chi connectivity index (χ4v) is 1.73. The second-order valence-corrected chi connectivity index (χ2v) is 3.92. The van der Waals surface area contributed by atoms with Crippen molar-refractivity contribution in [1.29, 1.82) is 0 Å². The lowest BCUT2D eigenvalue weighted by Gasteiger charge is -2.26. The van der Waals surface area contributed by atoms with Gasteiger partial charge in [0.15, 0.2) is 0 Å². The minimum atomic E-state index is -2.07. The zero-order chi connectivity index (χ0) is 9.90. The highest BCUT2D eigenvalue weighted by molar-refractivity contribution is 5.76. The van der Waals surface area contributed by atoms with Crippen LogP contribution in [-0.2, 0) is 4.79 Å². The van der Waals surface area contributed by atoms with E-state index in [1.807, 2.05) is 0 Å². The van der Waals surface area contributed by atoms with Crippen molar-refractivity contribution >= 4 is 5.97 Å². The second kappa shape index (κ2) is 4.05. The molecule has 0 aromatic heterocycles. The predicted molar refractivity (Wildman–Crippen MR) is 47.4 cm³/mol. The molecule has 0 radical (unpaired) electrons. The predicted octanol–water partition coefficient (Wildman–Crippen LogP) is 1.19. The molecule has 2 N–H and O–H groups in total. The number of nitrogens with one attached hydrogen (secondary N) is 1. The lowest BCUT2D eigenvalue weighted by Crippen LogP contribution is -2.38. The summed E-state index contributed by atoms with van der Waals surface area (Å²) < 4.78 is 13.4. The summed E-state index contributed by atoms with van der Waals surface area (Å²) in [6, 6.07) is 0. The van der Waals surface area contributed by atoms with E-state index in [1.165, 1.54) is 0 Å². The van der Waals surface area contributed by atoms with Gasteiger partial charge in [-0.1, -0.05) is 0 Å². The molecule has 0 saturated carbocycles. The third kappa shape index (κ3) is 2.95. The lowest BCUT2D eigenvalue weighted by molar-refractivity contribution is -0.150. The summed E-state index contributed by atoms with van der Waals surface area (Å²) in [6.45, 7) is 2.85. The standard InChI is InChI=1S/C9H16FNO2/c1-9(10,8(12)13)5-7-3-2-4-11-6-7/h7,11H,2-6H2,1H3,(H,12,13). The molecule has 1 aliphatic heterocycles. The van der Waals surface area contributed by atoms with Crippen molar-refractivity contribution in [1.82, 2.24) is 5.32 Å². The quantitative estimate of drug-likeness (QED) is 0.701. The Kier molecular flexibility index (Phi) is 3.25. The minimum absolute atomic E-state index is 0.120. The van der Waals surface area contributed by atoms with Crippen LogP contribution < -0.4 is 5.32 Å². The number of alkyl halides is 1. The van der Waals surface area contributed by atoms with E-state index in [-0.39, 0.29) is 12.3 Å². The Bertz CT molecular complexity index is 188. The Labute approximate surface area is 77.3 Å². The molecule has 0 aromatic carbocycles. The van der Waals surface area contributed by atoms with Crippen LogP contribution >= 0.6 is 0 Å². The molecule has 0 aromatic rings. The lowest BCUT2D eigenvalue weighted by atomic mass is 9.88. The molecule has 76 valence electrons. The Balaban J connectivity index is 2.41. The van der Waals surface area contributed by atoms with Crippen LogP contribution in [0.4, 0.5) is 4.39 Å². The fourth-order valence-electron chi connectivity index (χ4n) is 1.73. The van der Waals surface area contributed by atoms with Crippen LogP contribution in [0.25, 0.3) is 0 Å². The van der Waals surface area contributed by atoms with Gasteiger partial charge in [0.25, 0.3) is 0 Å². The van der Waals surface area contributed by atoms with E-state index < -0.39 is 11.6 Å². The summed E-state index contributed by atoms with van der Waals surface area (Å²) in [6.07, 6.45) is 2.06. The zero-order valence-electron chi connectivity index (χ0n) is 7.85. The van der Waals surface area contributed by atoms with Crippen molar-refractivity contribution in [3.8, 4) is 0 Å². The number of carboxylic acid groups (broad SMARTS) is 1. The molecule has 0 amide bonds. The van der Waals surface area contributed by atoms with Gasteiger partial charge in [-0.05, 0) is 45.2 Å². The second-order valence-electron chi connectivity index (χ2n) is 3.92. The van der Waals surface area contributed by atoms with Crippen LogP contribution in [0.1, 0.15) is 26.2 Å². The van der Waals surface area contributed by atoms with Gasteiger partial charge in [-0.15, -0.1) is 0 Å². The van der Waals surface area contributed by atoms with Crippen molar-refractivity contribution in [3.63, 3.8) is 0 Å². The van der Waals surface area contributed by atoms with E-state index in [2.05, 4.69) is 5.32 Å². The van der Waals surface area contributed by atoms with Gasteiger partial charge >= 0.3 is 5.97 Å². The van der Waals surface area contributed by atoms with E-state index in [1.54, 1.807) is 0 Å². The molecule has 1 saturated heterocycles. The SMILES string of the molecule is CC(F)(CC1CCCNC1)C(=O)O. The first-order valence-corrected chi connectivity index (χ1v) is 4.65. The highest BCUT2D eigenvalue weighted by atomic mass is 19.1. The minimum Gasteiger partial charge on any atom is -0.479 e. The Morgan fingerprint density at radius 1 is 1.77 bits per heavy atom. The molecule has 1 rings (SSSR count).